The summed E-state index contributed by atoms with van der Waals surface area (Å²) in [5.74, 6) is -3.28. The van der Waals surface area contributed by atoms with E-state index in [1.807, 2.05) is 6.07 Å². The highest BCUT2D eigenvalue weighted by Gasteiger charge is 2.39. The van der Waals surface area contributed by atoms with Gasteiger partial charge in [-0.05, 0) is 13.8 Å². The predicted molar refractivity (Wildman–Crippen MR) is 91.3 cm³/mol. The summed E-state index contributed by atoms with van der Waals surface area (Å²) < 4.78 is 70.2. The van der Waals surface area contributed by atoms with Crippen LogP contribution in [0.15, 0.2) is 23.4 Å². The van der Waals surface area contributed by atoms with E-state index in [1.54, 1.807) is 0 Å². The molecular weight excluding hydrogens is 399 g/mol. The third-order valence-electron chi connectivity index (χ3n) is 4.28. The van der Waals surface area contributed by atoms with Crippen LogP contribution in [0.2, 0.25) is 0 Å². The highest BCUT2D eigenvalue weighted by molar-refractivity contribution is 5.65. The highest BCUT2D eigenvalue weighted by Crippen LogP contribution is 2.34. The van der Waals surface area contributed by atoms with Crippen LogP contribution in [0.3, 0.4) is 0 Å². The van der Waals surface area contributed by atoms with Gasteiger partial charge in [0.05, 0.1) is 17.8 Å². The lowest BCUT2D eigenvalue weighted by molar-refractivity contribution is -0.140. The zero-order valence-electron chi connectivity index (χ0n) is 15.3. The van der Waals surface area contributed by atoms with Crippen LogP contribution in [0.25, 0.3) is 16.9 Å². The van der Waals surface area contributed by atoms with Crippen LogP contribution < -0.4 is 5.56 Å². The molecule has 0 radical (unpaired) electrons. The molecule has 3 aromatic heterocycles. The number of halogens is 5. The fraction of sp³-hybridized carbons (Fsp3) is 0.412. The van der Waals surface area contributed by atoms with Gasteiger partial charge < -0.3 is 4.57 Å². The summed E-state index contributed by atoms with van der Waals surface area (Å²) in [6, 6.07) is 1.81. The van der Waals surface area contributed by atoms with Crippen molar-refractivity contribution in [1.29, 1.82) is 5.26 Å². The lowest BCUT2D eigenvalue weighted by Gasteiger charge is -2.12. The Morgan fingerprint density at radius 3 is 2.48 bits per heavy atom. The number of hydrogen-bond donors (Lipinski definition) is 0. The summed E-state index contributed by atoms with van der Waals surface area (Å²) in [6.45, 7) is 1.73. The molecule has 3 aromatic rings. The number of fused-ring (bicyclic) bond motifs is 1. The van der Waals surface area contributed by atoms with E-state index in [9.17, 15) is 26.7 Å². The van der Waals surface area contributed by atoms with Crippen LogP contribution in [-0.2, 0) is 19.3 Å². The molecule has 0 spiro atoms. The SMILES string of the molecule is Cc1cn2c(=O)c(-c3cnn(CCC(C)(F)F)c3)c(C(F)(F)F)nc2n1CC#N. The summed E-state index contributed by atoms with van der Waals surface area (Å²) in [5.41, 5.74) is -2.97. The minimum atomic E-state index is -4.96. The summed E-state index contributed by atoms with van der Waals surface area (Å²) in [6.07, 6.45) is -2.13. The maximum atomic E-state index is 13.7. The molecule has 12 heteroatoms. The topological polar surface area (TPSA) is 80.9 Å². The molecule has 0 saturated carbocycles. The first kappa shape index (κ1) is 20.5. The second kappa shape index (κ2) is 6.98. The summed E-state index contributed by atoms with van der Waals surface area (Å²) in [5, 5.41) is 12.7. The first-order valence-corrected chi connectivity index (χ1v) is 8.39. The molecule has 29 heavy (non-hydrogen) atoms. The van der Waals surface area contributed by atoms with E-state index in [2.05, 4.69) is 10.1 Å². The largest absolute Gasteiger partial charge is 0.434 e. The van der Waals surface area contributed by atoms with Crippen molar-refractivity contribution < 1.29 is 22.0 Å². The van der Waals surface area contributed by atoms with Crippen molar-refractivity contribution in [1.82, 2.24) is 23.7 Å². The van der Waals surface area contributed by atoms with Crippen molar-refractivity contribution in [2.45, 2.75) is 45.5 Å². The average Bonchev–Trinajstić information content (AvgIpc) is 3.18. The van der Waals surface area contributed by atoms with E-state index in [0.29, 0.717) is 5.69 Å². The van der Waals surface area contributed by atoms with E-state index in [-0.39, 0.29) is 24.4 Å². The standard InChI is InChI=1S/C17H15F5N6O/c1-10-8-28-14(29)12(11-7-24-26(9-11)5-3-16(2,18)19)13(17(20,21)22)25-15(28)27(10)6-4-23/h7-9H,3,5-6H2,1-2H3. The molecule has 0 aliphatic rings. The predicted octanol–water partition coefficient (Wildman–Crippen LogP) is 3.26. The van der Waals surface area contributed by atoms with E-state index in [4.69, 9.17) is 5.26 Å². The number of nitrogens with zero attached hydrogens (tertiary/aromatic N) is 6. The summed E-state index contributed by atoms with van der Waals surface area (Å²) >= 11 is 0. The molecule has 0 aliphatic heterocycles. The molecule has 0 atom stereocenters. The number of aromatic nitrogens is 5. The molecule has 0 aliphatic carbocycles. The number of alkyl halides is 5. The number of nitriles is 1. The van der Waals surface area contributed by atoms with Crippen LogP contribution in [0.5, 0.6) is 0 Å². The summed E-state index contributed by atoms with van der Waals surface area (Å²) in [7, 11) is 0. The Labute approximate surface area is 160 Å². The number of rotatable bonds is 5. The first-order valence-electron chi connectivity index (χ1n) is 8.39. The maximum absolute atomic E-state index is 13.7. The Balaban J connectivity index is 2.20. The van der Waals surface area contributed by atoms with Gasteiger partial charge in [-0.1, -0.05) is 0 Å². The third kappa shape index (κ3) is 3.98. The van der Waals surface area contributed by atoms with Crippen molar-refractivity contribution in [2.24, 2.45) is 0 Å². The molecule has 0 saturated heterocycles. The van der Waals surface area contributed by atoms with Crippen LogP contribution in [0, 0.1) is 18.3 Å². The Bertz CT molecular complexity index is 1160. The maximum Gasteiger partial charge on any atom is 0.434 e. The second-order valence-corrected chi connectivity index (χ2v) is 6.64. The van der Waals surface area contributed by atoms with Crippen molar-refractivity contribution in [2.75, 3.05) is 0 Å². The van der Waals surface area contributed by atoms with Crippen molar-refractivity contribution >= 4 is 5.78 Å². The monoisotopic (exact) mass is 414 g/mol. The molecule has 0 unspecified atom stereocenters. The van der Waals surface area contributed by atoms with Gasteiger partial charge in [0.25, 0.3) is 5.56 Å². The molecule has 0 fully saturated rings. The van der Waals surface area contributed by atoms with E-state index < -0.39 is 35.3 Å². The molecule has 154 valence electrons. The van der Waals surface area contributed by atoms with Crippen LogP contribution in [0.1, 0.15) is 24.7 Å². The van der Waals surface area contributed by atoms with Crippen molar-refractivity contribution in [3.63, 3.8) is 0 Å². The van der Waals surface area contributed by atoms with E-state index in [0.717, 1.165) is 28.4 Å². The molecule has 0 amide bonds. The Kier molecular flexibility index (Phi) is 4.94. The zero-order chi connectivity index (χ0) is 21.6. The Morgan fingerprint density at radius 2 is 1.90 bits per heavy atom. The van der Waals surface area contributed by atoms with E-state index >= 15 is 0 Å². The quantitative estimate of drug-likeness (QED) is 0.601. The number of hydrogen-bond acceptors (Lipinski definition) is 4. The normalized spacial score (nSPS) is 12.5. The van der Waals surface area contributed by atoms with Gasteiger partial charge in [-0.3, -0.25) is 13.9 Å². The first-order chi connectivity index (χ1) is 13.4. The molecule has 0 N–H and O–H groups in total. The smallest absolute Gasteiger partial charge is 0.300 e. The molecular formula is C17H15F5N6O. The fourth-order valence-corrected chi connectivity index (χ4v) is 2.90. The Morgan fingerprint density at radius 1 is 1.21 bits per heavy atom. The van der Waals surface area contributed by atoms with Gasteiger partial charge >= 0.3 is 6.18 Å². The minimum absolute atomic E-state index is 0.186. The summed E-state index contributed by atoms with van der Waals surface area (Å²) in [4.78, 5) is 16.5. The number of imidazole rings is 1. The van der Waals surface area contributed by atoms with Gasteiger partial charge in [0.1, 0.15) is 6.54 Å². The minimum Gasteiger partial charge on any atom is -0.300 e. The third-order valence-corrected chi connectivity index (χ3v) is 4.28. The Hall–Kier alpha value is -3.23. The molecule has 0 bridgehead atoms. The van der Waals surface area contributed by atoms with Crippen LogP contribution >= 0.6 is 0 Å². The lowest BCUT2D eigenvalue weighted by Crippen LogP contribution is -2.24. The number of aryl methyl sites for hydroxylation is 2. The molecule has 3 heterocycles. The second-order valence-electron chi connectivity index (χ2n) is 6.64. The average molecular weight is 414 g/mol. The van der Waals surface area contributed by atoms with Crippen molar-refractivity contribution in [3.05, 3.63) is 40.3 Å². The van der Waals surface area contributed by atoms with Crippen LogP contribution in [-0.4, -0.2) is 29.7 Å². The van der Waals surface area contributed by atoms with Gasteiger partial charge in [-0.15, -0.1) is 0 Å². The highest BCUT2D eigenvalue weighted by atomic mass is 19.4. The molecule has 0 aromatic carbocycles. The van der Waals surface area contributed by atoms with Gasteiger partial charge in [0.15, 0.2) is 5.69 Å². The zero-order valence-corrected chi connectivity index (χ0v) is 15.3. The van der Waals surface area contributed by atoms with Gasteiger partial charge in [0, 0.05) is 36.6 Å². The lowest BCUT2D eigenvalue weighted by atomic mass is 10.1. The van der Waals surface area contributed by atoms with Gasteiger partial charge in [-0.2, -0.15) is 23.5 Å². The van der Waals surface area contributed by atoms with Gasteiger partial charge in [-0.25, -0.2) is 13.8 Å². The van der Waals surface area contributed by atoms with Crippen LogP contribution in [0.4, 0.5) is 22.0 Å². The molecule has 3 rings (SSSR count). The fourth-order valence-electron chi connectivity index (χ4n) is 2.90. The molecule has 7 nitrogen and oxygen atoms in total. The van der Waals surface area contributed by atoms with Crippen molar-refractivity contribution in [3.8, 4) is 17.2 Å². The van der Waals surface area contributed by atoms with Gasteiger partial charge in [0.2, 0.25) is 11.7 Å². The van der Waals surface area contributed by atoms with E-state index in [1.165, 1.54) is 17.7 Å².